The van der Waals surface area contributed by atoms with Crippen molar-refractivity contribution in [1.29, 1.82) is 0 Å². The molecule has 13 heteroatoms. The second kappa shape index (κ2) is 15.4. The molecule has 2 aliphatic heterocycles. The number of hydrogen-bond donors (Lipinski definition) is 1. The third kappa shape index (κ3) is 7.34. The highest BCUT2D eigenvalue weighted by molar-refractivity contribution is 6.23. The summed E-state index contributed by atoms with van der Waals surface area (Å²) >= 11 is 0. The monoisotopic (exact) mass is 767 g/mol. The molecule has 1 N–H and O–H groups in total. The summed E-state index contributed by atoms with van der Waals surface area (Å²) in [5, 5.41) is 4.54. The van der Waals surface area contributed by atoms with Gasteiger partial charge in [-0.1, -0.05) is 24.0 Å². The highest BCUT2D eigenvalue weighted by atomic mass is 16.5. The van der Waals surface area contributed by atoms with Crippen LogP contribution in [0, 0.1) is 23.7 Å². The second-order valence-electron chi connectivity index (χ2n) is 15.1. The predicted molar refractivity (Wildman–Crippen MR) is 208 cm³/mol. The van der Waals surface area contributed by atoms with Gasteiger partial charge in [-0.05, 0) is 67.1 Å². The Morgan fingerprint density at radius 3 is 2.51 bits per heavy atom. The van der Waals surface area contributed by atoms with Crippen molar-refractivity contribution in [2.45, 2.75) is 56.8 Å². The summed E-state index contributed by atoms with van der Waals surface area (Å²) in [5.41, 5.74) is 4.85. The Bertz CT molecular complexity index is 2460. The van der Waals surface area contributed by atoms with E-state index in [1.165, 1.54) is 17.5 Å². The quantitative estimate of drug-likeness (QED) is 0.101. The Balaban J connectivity index is 0.639. The summed E-state index contributed by atoms with van der Waals surface area (Å²) < 4.78 is 25.9. The highest BCUT2D eigenvalue weighted by Crippen LogP contribution is 2.36. The van der Waals surface area contributed by atoms with E-state index in [1.54, 1.807) is 6.07 Å². The van der Waals surface area contributed by atoms with E-state index in [-0.39, 0.29) is 42.8 Å². The third-order valence-electron chi connectivity index (χ3n) is 11.4. The first-order chi connectivity index (χ1) is 27.8. The summed E-state index contributed by atoms with van der Waals surface area (Å²) in [6, 6.07) is 16.2. The molecule has 2 aliphatic carbocycles. The third-order valence-corrected chi connectivity index (χ3v) is 11.4. The van der Waals surface area contributed by atoms with E-state index in [9.17, 15) is 19.2 Å². The number of piperidine rings is 1. The SMILES string of the molecule is Cn1c2ccncc2c2ccc(-c3ccc(OC4CC(OCC5CC(C#CCOCCOc6ccc7c(c6)C(=O)N(C6CCC(=O)NC6=O)C7=O)C5)C4)nc3)cc21. The minimum atomic E-state index is -1.01. The second-order valence-corrected chi connectivity index (χ2v) is 15.1. The van der Waals surface area contributed by atoms with E-state index in [1.807, 2.05) is 30.7 Å². The van der Waals surface area contributed by atoms with Crippen molar-refractivity contribution >= 4 is 45.4 Å². The number of carbonyl (C=O) groups excluding carboxylic acids is 4. The number of hydrogen-bond acceptors (Lipinski definition) is 10. The Morgan fingerprint density at radius 1 is 0.842 bits per heavy atom. The first-order valence-corrected chi connectivity index (χ1v) is 19.4. The number of pyridine rings is 2. The highest BCUT2D eigenvalue weighted by Gasteiger charge is 2.44. The summed E-state index contributed by atoms with van der Waals surface area (Å²) in [6.45, 7) is 1.57. The van der Waals surface area contributed by atoms with E-state index in [4.69, 9.17) is 18.9 Å². The van der Waals surface area contributed by atoms with E-state index >= 15 is 0 Å². The number of fused-ring (bicyclic) bond motifs is 4. The normalized spacial score (nSPS) is 22.8. The molecule has 0 spiro atoms. The molecule has 290 valence electrons. The molecule has 1 saturated heterocycles. The van der Waals surface area contributed by atoms with Gasteiger partial charge in [-0.2, -0.15) is 0 Å². The zero-order valence-corrected chi connectivity index (χ0v) is 31.4. The van der Waals surface area contributed by atoms with Crippen LogP contribution in [0.3, 0.4) is 0 Å². The summed E-state index contributed by atoms with van der Waals surface area (Å²) in [4.78, 5) is 59.5. The van der Waals surface area contributed by atoms with Crippen LogP contribution in [0.5, 0.6) is 11.6 Å². The van der Waals surface area contributed by atoms with E-state index < -0.39 is 29.7 Å². The molecule has 57 heavy (non-hydrogen) atoms. The summed E-state index contributed by atoms with van der Waals surface area (Å²) in [5.74, 6) is 6.12. The van der Waals surface area contributed by atoms with Crippen LogP contribution < -0.4 is 14.8 Å². The molecule has 1 unspecified atom stereocenters. The van der Waals surface area contributed by atoms with Gasteiger partial charge in [-0.25, -0.2) is 4.98 Å². The van der Waals surface area contributed by atoms with Crippen molar-refractivity contribution in [2.24, 2.45) is 18.9 Å². The van der Waals surface area contributed by atoms with Gasteiger partial charge in [-0.3, -0.25) is 34.4 Å². The van der Waals surface area contributed by atoms with Crippen LogP contribution in [0.25, 0.3) is 32.9 Å². The minimum absolute atomic E-state index is 0.0685. The molecule has 4 amide bonds. The topological polar surface area (TPSA) is 151 Å². The number of aryl methyl sites for hydroxylation is 1. The fraction of sp³-hybridized carbons (Fsp3) is 0.364. The Morgan fingerprint density at radius 2 is 1.68 bits per heavy atom. The van der Waals surface area contributed by atoms with Crippen LogP contribution in [0.1, 0.15) is 59.2 Å². The maximum absolute atomic E-state index is 13.0. The van der Waals surface area contributed by atoms with Gasteiger partial charge in [-0.15, -0.1) is 0 Å². The number of rotatable bonds is 12. The number of aromatic nitrogens is 3. The van der Waals surface area contributed by atoms with E-state index in [0.717, 1.165) is 64.7 Å². The molecule has 5 heterocycles. The fourth-order valence-electron chi connectivity index (χ4n) is 8.10. The number of ether oxygens (including phenoxy) is 4. The van der Waals surface area contributed by atoms with Crippen molar-refractivity contribution in [3.8, 4) is 34.6 Å². The molecule has 2 saturated carbocycles. The molecule has 0 radical (unpaired) electrons. The number of nitrogens with one attached hydrogen (secondary N) is 1. The number of carbonyl (C=O) groups is 4. The fourth-order valence-corrected chi connectivity index (χ4v) is 8.10. The molecule has 13 nitrogen and oxygen atoms in total. The lowest BCUT2D eigenvalue weighted by atomic mass is 9.76. The lowest BCUT2D eigenvalue weighted by Gasteiger charge is -2.38. The van der Waals surface area contributed by atoms with Gasteiger partial charge in [0.2, 0.25) is 17.7 Å². The maximum Gasteiger partial charge on any atom is 0.262 e. The number of amides is 4. The van der Waals surface area contributed by atoms with Gasteiger partial charge in [0.05, 0.1) is 29.4 Å². The van der Waals surface area contributed by atoms with Crippen LogP contribution >= 0.6 is 0 Å². The lowest BCUT2D eigenvalue weighted by molar-refractivity contribution is -0.136. The van der Waals surface area contributed by atoms with Crippen LogP contribution in [0.2, 0.25) is 0 Å². The van der Waals surface area contributed by atoms with Gasteiger partial charge in [0, 0.05) is 85.3 Å². The molecule has 2 aromatic carbocycles. The van der Waals surface area contributed by atoms with Gasteiger partial charge in [0.1, 0.15) is 31.1 Å². The largest absolute Gasteiger partial charge is 0.491 e. The molecule has 3 fully saturated rings. The van der Waals surface area contributed by atoms with Crippen LogP contribution in [-0.4, -0.2) is 87.7 Å². The predicted octanol–water partition coefficient (Wildman–Crippen LogP) is 5.24. The standard InChI is InChI=1S/C44H41N5O8/c1-48-37-12-13-45-24-36(37)33-7-4-28(19-39(33)48)29-5-11-41(46-23-29)57-32-20-31(21-32)56-25-27-17-26(18-27)3-2-14-54-15-16-55-30-6-8-34-35(22-30)44(53)49(43(34)52)38-9-10-40(50)47-42(38)51/h4-8,11-13,19,22-24,26-27,31-32,38H,9-10,14-18,20-21,25H2,1H3,(H,47,50,51). The molecule has 5 aromatic rings. The Hall–Kier alpha value is -6.10. The van der Waals surface area contributed by atoms with Crippen molar-refractivity contribution < 1.29 is 38.1 Å². The zero-order valence-electron chi connectivity index (χ0n) is 31.4. The van der Waals surface area contributed by atoms with Gasteiger partial charge in [0.25, 0.3) is 11.8 Å². The zero-order chi connectivity index (χ0) is 39.0. The number of benzene rings is 2. The maximum atomic E-state index is 13.0. The minimum Gasteiger partial charge on any atom is -0.491 e. The van der Waals surface area contributed by atoms with Gasteiger partial charge >= 0.3 is 0 Å². The van der Waals surface area contributed by atoms with Crippen molar-refractivity contribution in [2.75, 3.05) is 26.4 Å². The summed E-state index contributed by atoms with van der Waals surface area (Å²) in [6.07, 6.45) is 9.88. The molecule has 9 rings (SSSR count). The lowest BCUT2D eigenvalue weighted by Crippen LogP contribution is -2.54. The average Bonchev–Trinajstić information content (AvgIpc) is 3.61. The van der Waals surface area contributed by atoms with Crippen molar-refractivity contribution in [3.63, 3.8) is 0 Å². The Labute approximate surface area is 328 Å². The van der Waals surface area contributed by atoms with Gasteiger partial charge in [0.15, 0.2) is 0 Å². The smallest absolute Gasteiger partial charge is 0.262 e. The first kappa shape index (κ1) is 36.5. The van der Waals surface area contributed by atoms with Crippen LogP contribution in [-0.2, 0) is 26.1 Å². The molecule has 0 bridgehead atoms. The van der Waals surface area contributed by atoms with Crippen LogP contribution in [0.4, 0.5) is 0 Å². The Kier molecular flexibility index (Phi) is 9.90. The average molecular weight is 768 g/mol. The molecule has 4 aliphatic rings. The molecule has 1 atom stereocenters. The molecular weight excluding hydrogens is 727 g/mol. The van der Waals surface area contributed by atoms with Crippen LogP contribution in [0.15, 0.2) is 73.2 Å². The molecule has 3 aromatic heterocycles. The number of imide groups is 2. The van der Waals surface area contributed by atoms with E-state index in [2.05, 4.69) is 63.0 Å². The van der Waals surface area contributed by atoms with E-state index in [0.29, 0.717) is 36.7 Å². The number of nitrogens with zero attached hydrogens (tertiary/aromatic N) is 4. The van der Waals surface area contributed by atoms with Crippen molar-refractivity contribution in [1.82, 2.24) is 24.8 Å². The van der Waals surface area contributed by atoms with Crippen molar-refractivity contribution in [3.05, 3.63) is 84.3 Å². The summed E-state index contributed by atoms with van der Waals surface area (Å²) in [7, 11) is 2.08. The van der Waals surface area contributed by atoms with Gasteiger partial charge < -0.3 is 23.5 Å². The first-order valence-electron chi connectivity index (χ1n) is 19.4. The molecular formula is C44H41N5O8.